The molecule has 0 saturated carbocycles. The number of nitrogens with zero attached hydrogens (tertiary/aromatic N) is 1. The molecule has 0 aliphatic carbocycles. The van der Waals surface area contributed by atoms with Crippen molar-refractivity contribution in [1.29, 1.82) is 0 Å². The molecular formula is C10H11INO3. The van der Waals surface area contributed by atoms with Crippen molar-refractivity contribution in [2.24, 2.45) is 0 Å². The molecule has 0 heterocycles. The van der Waals surface area contributed by atoms with Gasteiger partial charge in [0.1, 0.15) is 5.75 Å². The van der Waals surface area contributed by atoms with Crippen LogP contribution in [0.25, 0.3) is 0 Å². The van der Waals surface area contributed by atoms with Gasteiger partial charge in [-0.3, -0.25) is 10.1 Å². The van der Waals surface area contributed by atoms with E-state index < -0.39 is 4.92 Å². The van der Waals surface area contributed by atoms with Gasteiger partial charge >= 0.3 is 0 Å². The molecule has 0 spiro atoms. The minimum absolute atomic E-state index is 0.0243. The zero-order valence-corrected chi connectivity index (χ0v) is 10.3. The van der Waals surface area contributed by atoms with E-state index in [4.69, 9.17) is 4.74 Å². The number of rotatable bonds is 5. The Morgan fingerprint density at radius 2 is 2.27 bits per heavy atom. The van der Waals surface area contributed by atoms with Crippen molar-refractivity contribution in [3.05, 3.63) is 40.8 Å². The highest BCUT2D eigenvalue weighted by Crippen LogP contribution is 2.22. The normalized spacial score (nSPS) is 10.0. The molecule has 0 fully saturated rings. The number of benzene rings is 1. The molecule has 0 aromatic heterocycles. The molecule has 0 N–H and O–H groups in total. The van der Waals surface area contributed by atoms with Crippen LogP contribution >= 0.6 is 22.6 Å². The Morgan fingerprint density at radius 1 is 1.53 bits per heavy atom. The minimum atomic E-state index is -0.447. The lowest BCUT2D eigenvalue weighted by atomic mass is 10.2. The van der Waals surface area contributed by atoms with Crippen molar-refractivity contribution < 1.29 is 9.66 Å². The summed E-state index contributed by atoms with van der Waals surface area (Å²) in [5.74, 6) is 0.635. The molecule has 1 aromatic carbocycles. The van der Waals surface area contributed by atoms with Gasteiger partial charge in [0.25, 0.3) is 5.69 Å². The van der Waals surface area contributed by atoms with E-state index in [1.54, 1.807) is 12.1 Å². The van der Waals surface area contributed by atoms with Crippen molar-refractivity contribution in [3.8, 4) is 5.75 Å². The molecule has 4 nitrogen and oxygen atoms in total. The molecule has 1 radical (unpaired) electrons. The molecule has 0 atom stereocenters. The van der Waals surface area contributed by atoms with Gasteiger partial charge in [-0.25, -0.2) is 0 Å². The summed E-state index contributed by atoms with van der Waals surface area (Å²) in [4.78, 5) is 10.1. The van der Waals surface area contributed by atoms with E-state index in [1.165, 1.54) is 6.07 Å². The second-order valence-corrected chi connectivity index (χ2v) is 4.02. The van der Waals surface area contributed by atoms with Crippen LogP contribution in [-0.4, -0.2) is 16.0 Å². The van der Waals surface area contributed by atoms with Gasteiger partial charge in [-0.15, -0.1) is 0 Å². The maximum Gasteiger partial charge on any atom is 0.272 e. The molecule has 1 aromatic rings. The fourth-order valence-corrected chi connectivity index (χ4v) is 1.39. The average molecular weight is 320 g/mol. The zero-order chi connectivity index (χ0) is 11.3. The molecule has 0 unspecified atom stereocenters. The van der Waals surface area contributed by atoms with Crippen LogP contribution in [0.1, 0.15) is 12.0 Å². The van der Waals surface area contributed by atoms with E-state index in [9.17, 15) is 10.1 Å². The number of ether oxygens (including phenoxy) is 1. The first kappa shape index (κ1) is 12.2. The Labute approximate surface area is 102 Å². The van der Waals surface area contributed by atoms with Gasteiger partial charge in [-0.2, -0.15) is 0 Å². The summed E-state index contributed by atoms with van der Waals surface area (Å²) in [6.07, 6.45) is 0.962. The summed E-state index contributed by atoms with van der Waals surface area (Å²) >= 11 is 2.27. The number of nitro benzene ring substituents is 1. The number of hydrogen-bond donors (Lipinski definition) is 0. The van der Waals surface area contributed by atoms with Gasteiger partial charge in [0, 0.05) is 16.1 Å². The summed E-state index contributed by atoms with van der Waals surface area (Å²) in [6, 6.07) is 4.60. The molecule has 1 rings (SSSR count). The van der Waals surface area contributed by atoms with Crippen LogP contribution in [0.5, 0.6) is 5.75 Å². The Kier molecular flexibility index (Phi) is 4.80. The maximum atomic E-state index is 10.5. The third kappa shape index (κ3) is 3.65. The van der Waals surface area contributed by atoms with Crippen molar-refractivity contribution in [2.75, 3.05) is 11.0 Å². The smallest absolute Gasteiger partial charge is 0.272 e. The lowest BCUT2D eigenvalue weighted by Crippen LogP contribution is -1.98. The third-order valence-electron chi connectivity index (χ3n) is 1.79. The van der Waals surface area contributed by atoms with Gasteiger partial charge in [0.05, 0.1) is 11.5 Å². The summed E-state index contributed by atoms with van der Waals surface area (Å²) in [7, 11) is 0. The topological polar surface area (TPSA) is 52.4 Å². The average Bonchev–Trinajstić information content (AvgIpc) is 2.17. The third-order valence-corrected chi connectivity index (χ3v) is 2.56. The summed E-state index contributed by atoms with van der Waals surface area (Å²) < 4.78 is 6.42. The largest absolute Gasteiger partial charge is 0.494 e. The van der Waals surface area contributed by atoms with Crippen LogP contribution in [0.3, 0.4) is 0 Å². The van der Waals surface area contributed by atoms with Crippen LogP contribution in [0.2, 0.25) is 0 Å². The summed E-state index contributed by atoms with van der Waals surface area (Å²) in [6.45, 7) is 4.23. The fraction of sp³-hybridized carbons (Fsp3) is 0.300. The first-order valence-electron chi connectivity index (χ1n) is 4.44. The number of halogens is 1. The molecule has 0 aliphatic rings. The number of nitro groups is 1. The molecule has 0 bridgehead atoms. The number of hydrogen-bond acceptors (Lipinski definition) is 3. The quantitative estimate of drug-likeness (QED) is 0.275. The maximum absolute atomic E-state index is 10.5. The minimum Gasteiger partial charge on any atom is -0.494 e. The zero-order valence-electron chi connectivity index (χ0n) is 8.11. The standard InChI is InChI=1S/C10H11INO3/c1-8-7-9(15-6-2-5-11)3-4-10(8)12(13)14/h3-4,7H,1-2,5-6H2. The van der Waals surface area contributed by atoms with E-state index in [2.05, 4.69) is 29.5 Å². The van der Waals surface area contributed by atoms with Gasteiger partial charge < -0.3 is 4.74 Å². The van der Waals surface area contributed by atoms with Gasteiger partial charge in [-0.1, -0.05) is 22.6 Å². The van der Waals surface area contributed by atoms with Crippen LogP contribution in [0, 0.1) is 17.0 Å². The molecule has 5 heteroatoms. The van der Waals surface area contributed by atoms with E-state index >= 15 is 0 Å². The van der Waals surface area contributed by atoms with E-state index in [0.29, 0.717) is 17.9 Å². The molecular weight excluding hydrogens is 309 g/mol. The van der Waals surface area contributed by atoms with Crippen LogP contribution in [0.4, 0.5) is 5.69 Å². The number of alkyl halides is 1. The van der Waals surface area contributed by atoms with Gasteiger partial charge in [0.15, 0.2) is 0 Å². The fourth-order valence-electron chi connectivity index (χ4n) is 1.07. The Hall–Kier alpha value is -0.850. The Bertz CT molecular complexity index is 355. The first-order chi connectivity index (χ1) is 7.15. The lowest BCUT2D eigenvalue weighted by molar-refractivity contribution is -0.385. The van der Waals surface area contributed by atoms with Crippen LogP contribution < -0.4 is 4.74 Å². The molecule has 0 aliphatic heterocycles. The second kappa shape index (κ2) is 5.89. The van der Waals surface area contributed by atoms with E-state index in [1.807, 2.05) is 0 Å². The molecule has 81 valence electrons. The first-order valence-corrected chi connectivity index (χ1v) is 5.97. The predicted octanol–water partition coefficient (Wildman–Crippen LogP) is 2.98. The van der Waals surface area contributed by atoms with E-state index in [0.717, 1.165) is 10.8 Å². The van der Waals surface area contributed by atoms with Gasteiger partial charge in [0.2, 0.25) is 0 Å². The predicted molar refractivity (Wildman–Crippen MR) is 66.6 cm³/mol. The van der Waals surface area contributed by atoms with Crippen molar-refractivity contribution >= 4 is 28.3 Å². The van der Waals surface area contributed by atoms with Gasteiger partial charge in [-0.05, 0) is 25.5 Å². The van der Waals surface area contributed by atoms with Crippen molar-refractivity contribution in [1.82, 2.24) is 0 Å². The van der Waals surface area contributed by atoms with Crippen molar-refractivity contribution in [2.45, 2.75) is 6.42 Å². The summed E-state index contributed by atoms with van der Waals surface area (Å²) in [5, 5.41) is 10.5. The van der Waals surface area contributed by atoms with Crippen LogP contribution in [-0.2, 0) is 0 Å². The monoisotopic (exact) mass is 320 g/mol. The molecule has 15 heavy (non-hydrogen) atoms. The summed E-state index contributed by atoms with van der Waals surface area (Å²) in [5.41, 5.74) is 0.406. The Morgan fingerprint density at radius 3 is 2.80 bits per heavy atom. The highest BCUT2D eigenvalue weighted by molar-refractivity contribution is 14.1. The van der Waals surface area contributed by atoms with Crippen LogP contribution in [0.15, 0.2) is 18.2 Å². The Balaban J connectivity index is 2.69. The highest BCUT2D eigenvalue weighted by atomic mass is 127. The molecule has 0 saturated heterocycles. The SMILES string of the molecule is [CH2]c1cc(OCCCI)ccc1[N+](=O)[O-]. The second-order valence-electron chi connectivity index (χ2n) is 2.94. The molecule has 0 amide bonds. The van der Waals surface area contributed by atoms with E-state index in [-0.39, 0.29) is 5.69 Å². The lowest BCUT2D eigenvalue weighted by Gasteiger charge is -2.05. The van der Waals surface area contributed by atoms with Crippen molar-refractivity contribution in [3.63, 3.8) is 0 Å². The highest BCUT2D eigenvalue weighted by Gasteiger charge is 2.10.